The number of amides is 8. The van der Waals surface area contributed by atoms with Crippen molar-refractivity contribution in [2.45, 2.75) is 24.2 Å². The van der Waals surface area contributed by atoms with E-state index in [1.807, 2.05) is 0 Å². The molecule has 0 aromatic carbocycles. The van der Waals surface area contributed by atoms with E-state index < -0.39 is 97.6 Å². The molecule has 0 unspecified atom stereocenters. The smallest absolute Gasteiger partial charge is 0.243 e. The van der Waals surface area contributed by atoms with Crippen molar-refractivity contribution in [2.24, 2.45) is 0 Å². The molecule has 0 aromatic heterocycles. The lowest BCUT2D eigenvalue weighted by atomic mass is 10.2. The average molecular weight is 641 g/mol. The predicted octanol–water partition coefficient (Wildman–Crippen LogP) is -5.88. The Kier molecular flexibility index (Phi) is 16.3. The highest BCUT2D eigenvalue weighted by atomic mass is 32.1. The van der Waals surface area contributed by atoms with Crippen LogP contribution in [0.1, 0.15) is 0 Å². The van der Waals surface area contributed by atoms with Gasteiger partial charge in [-0.15, -0.1) is 0 Å². The summed E-state index contributed by atoms with van der Waals surface area (Å²) < 4.78 is 0. The molecule has 0 radical (unpaired) electrons. The van der Waals surface area contributed by atoms with Crippen molar-refractivity contribution in [3.63, 3.8) is 0 Å². The van der Waals surface area contributed by atoms with Gasteiger partial charge in [0.1, 0.15) is 24.2 Å². The summed E-state index contributed by atoms with van der Waals surface area (Å²) in [7, 11) is 0. The van der Waals surface area contributed by atoms with Crippen LogP contribution in [0, 0.1) is 0 Å². The Bertz CT molecular complexity index is 836. The highest BCUT2D eigenvalue weighted by molar-refractivity contribution is 7.80. The van der Waals surface area contributed by atoms with Gasteiger partial charge in [-0.1, -0.05) is 0 Å². The van der Waals surface area contributed by atoms with Crippen LogP contribution >= 0.6 is 50.5 Å². The summed E-state index contributed by atoms with van der Waals surface area (Å²) >= 11 is 16.0. The molecule has 0 bridgehead atoms. The zero-order chi connectivity index (χ0) is 30.2. The summed E-state index contributed by atoms with van der Waals surface area (Å²) in [5.41, 5.74) is 0. The van der Waals surface area contributed by atoms with Gasteiger partial charge in [0.05, 0.1) is 26.2 Å². The van der Waals surface area contributed by atoms with Gasteiger partial charge in [-0.05, 0) is 0 Å². The molecule has 0 spiro atoms. The van der Waals surface area contributed by atoms with Crippen LogP contribution in [-0.2, 0) is 38.4 Å². The van der Waals surface area contributed by atoms with Gasteiger partial charge in [0.25, 0.3) is 0 Å². The summed E-state index contributed by atoms with van der Waals surface area (Å²) in [6.07, 6.45) is 0. The molecule has 1 rings (SSSR count). The third-order valence-electron chi connectivity index (χ3n) is 5.03. The molecule has 0 saturated carbocycles. The minimum absolute atomic E-state index is 0.147. The lowest BCUT2D eigenvalue weighted by molar-refractivity contribution is -0.133. The molecule has 0 aliphatic carbocycles. The van der Waals surface area contributed by atoms with Crippen molar-refractivity contribution in [3.8, 4) is 0 Å². The largest absolute Gasteiger partial charge is 0.345 e. The molecule has 224 valence electrons. The van der Waals surface area contributed by atoms with Crippen molar-refractivity contribution < 1.29 is 38.4 Å². The average Bonchev–Trinajstić information content (AvgIpc) is 2.94. The second kappa shape index (κ2) is 18.5. The molecule has 4 atom stereocenters. The quantitative estimate of drug-likeness (QED) is 0.132. The zero-order valence-electron chi connectivity index (χ0n) is 21.0. The Labute approximate surface area is 251 Å². The molecule has 1 saturated heterocycles. The number of carbonyl (C=O) groups excluding carboxylic acids is 8. The van der Waals surface area contributed by atoms with Crippen LogP contribution in [0.5, 0.6) is 0 Å². The zero-order valence-corrected chi connectivity index (χ0v) is 24.6. The number of hydrogen-bond acceptors (Lipinski definition) is 12. The Hall–Kier alpha value is -2.84. The maximum absolute atomic E-state index is 12.4. The van der Waals surface area contributed by atoms with Crippen molar-refractivity contribution in [2.75, 3.05) is 49.2 Å². The minimum atomic E-state index is -1.17. The molecule has 1 fully saturated rings. The molecule has 40 heavy (non-hydrogen) atoms. The van der Waals surface area contributed by atoms with Gasteiger partial charge >= 0.3 is 0 Å². The molecule has 0 aromatic rings. The number of thiol groups is 4. The monoisotopic (exact) mass is 640 g/mol. The van der Waals surface area contributed by atoms with E-state index in [4.69, 9.17) is 0 Å². The normalized spacial score (nSPS) is 25.5. The lowest BCUT2D eigenvalue weighted by Crippen LogP contribution is -2.56. The summed E-state index contributed by atoms with van der Waals surface area (Å²) in [6.45, 7) is -2.24. The third kappa shape index (κ3) is 12.6. The minimum Gasteiger partial charge on any atom is -0.345 e. The van der Waals surface area contributed by atoms with Crippen LogP contribution in [0.2, 0.25) is 0 Å². The summed E-state index contributed by atoms with van der Waals surface area (Å²) in [5.74, 6) is -6.67. The molecule has 16 nitrogen and oxygen atoms in total. The highest BCUT2D eigenvalue weighted by Crippen LogP contribution is 1.94. The maximum atomic E-state index is 12.4. The maximum Gasteiger partial charge on any atom is 0.243 e. The van der Waals surface area contributed by atoms with E-state index in [2.05, 4.69) is 93.0 Å². The van der Waals surface area contributed by atoms with Crippen molar-refractivity contribution in [3.05, 3.63) is 0 Å². The van der Waals surface area contributed by atoms with E-state index in [1.54, 1.807) is 0 Å². The fraction of sp³-hybridized carbons (Fsp3) is 0.600. The van der Waals surface area contributed by atoms with Crippen LogP contribution in [0.15, 0.2) is 0 Å². The van der Waals surface area contributed by atoms with E-state index in [9.17, 15) is 38.4 Å². The molecule has 8 amide bonds. The van der Waals surface area contributed by atoms with Gasteiger partial charge in [0.15, 0.2) is 0 Å². The van der Waals surface area contributed by atoms with Crippen molar-refractivity contribution in [1.82, 2.24) is 42.5 Å². The van der Waals surface area contributed by atoms with Crippen LogP contribution in [-0.4, -0.2) is 121 Å². The van der Waals surface area contributed by atoms with Gasteiger partial charge < -0.3 is 42.5 Å². The molecule has 1 aliphatic heterocycles. The fourth-order valence-corrected chi connectivity index (χ4v) is 3.95. The molecule has 20 heteroatoms. The Balaban J connectivity index is 3.03. The fourth-order valence-electron chi connectivity index (χ4n) is 2.92. The van der Waals surface area contributed by atoms with Gasteiger partial charge in [0, 0.05) is 23.0 Å². The van der Waals surface area contributed by atoms with Crippen LogP contribution < -0.4 is 42.5 Å². The van der Waals surface area contributed by atoms with Gasteiger partial charge in [-0.25, -0.2) is 0 Å². The van der Waals surface area contributed by atoms with Gasteiger partial charge in [-0.3, -0.25) is 38.4 Å². The second-order valence-electron chi connectivity index (χ2n) is 8.08. The molecule has 1 heterocycles. The summed E-state index contributed by atoms with van der Waals surface area (Å²) in [6, 6.07) is -4.67. The topological polar surface area (TPSA) is 233 Å². The van der Waals surface area contributed by atoms with E-state index in [-0.39, 0.29) is 23.0 Å². The van der Waals surface area contributed by atoms with Crippen molar-refractivity contribution in [1.29, 1.82) is 0 Å². The molecule has 1 aliphatic rings. The first-order valence-corrected chi connectivity index (χ1v) is 14.2. The second-order valence-corrected chi connectivity index (χ2v) is 9.54. The third-order valence-corrected chi connectivity index (χ3v) is 6.49. The number of hydrogen-bond donors (Lipinski definition) is 12. The van der Waals surface area contributed by atoms with Crippen LogP contribution in [0.25, 0.3) is 0 Å². The van der Waals surface area contributed by atoms with Gasteiger partial charge in [-0.2, -0.15) is 50.5 Å². The molecule has 8 N–H and O–H groups in total. The van der Waals surface area contributed by atoms with Gasteiger partial charge in [0.2, 0.25) is 47.3 Å². The molecular formula is C20H32N8O8S4. The summed E-state index contributed by atoms with van der Waals surface area (Å²) in [4.78, 5) is 98.6. The van der Waals surface area contributed by atoms with E-state index in [1.165, 1.54) is 0 Å². The van der Waals surface area contributed by atoms with Crippen LogP contribution in [0.4, 0.5) is 0 Å². The van der Waals surface area contributed by atoms with Crippen LogP contribution in [0.3, 0.4) is 0 Å². The Morgan fingerprint density at radius 3 is 0.725 bits per heavy atom. The van der Waals surface area contributed by atoms with E-state index in [0.29, 0.717) is 0 Å². The number of carbonyl (C=O) groups is 8. The Morgan fingerprint density at radius 2 is 0.575 bits per heavy atom. The lowest BCUT2D eigenvalue weighted by Gasteiger charge is -2.20. The Morgan fingerprint density at radius 1 is 0.400 bits per heavy atom. The summed E-state index contributed by atoms with van der Waals surface area (Å²) in [5, 5.41) is 18.5. The SMILES string of the molecule is O=C1CNC(=O)[C@H](CS)NC(=O)CNC(=O)[C@H](CS)NC(=O)CNC(=O)[C@H](CS)NC(=O)CNC(=O)[C@H](CS)N1. The number of rotatable bonds is 4. The standard InChI is InChI=1S/C20H32N8O8S4/c29-13-1-21-17(33)9(5-37)26-14(30)2-23-19(35)11(7-39)28-16(32)4-24-20(36)12(8-40)27-15(31)3-22-18(34)10(6-38)25-13/h9-12,37-40H,1-8H2,(H,21,33)(H,22,34)(H,23,35)(H,24,36)(H,25,29)(H,26,30)(H,27,31)(H,28,32)/t9-,10-,11-,12-/m0/s1. The van der Waals surface area contributed by atoms with E-state index >= 15 is 0 Å². The predicted molar refractivity (Wildman–Crippen MR) is 155 cm³/mol. The van der Waals surface area contributed by atoms with Crippen molar-refractivity contribution >= 4 is 97.8 Å². The first-order chi connectivity index (χ1) is 18.9. The molecular weight excluding hydrogens is 609 g/mol. The first kappa shape index (κ1) is 35.2. The first-order valence-electron chi connectivity index (χ1n) is 11.7. The highest BCUT2D eigenvalue weighted by Gasteiger charge is 2.26. The van der Waals surface area contributed by atoms with E-state index in [0.717, 1.165) is 0 Å². The number of nitrogens with one attached hydrogen (secondary N) is 8.